The van der Waals surface area contributed by atoms with E-state index in [1.165, 1.54) is 23.1 Å². The van der Waals surface area contributed by atoms with Gasteiger partial charge in [-0.15, -0.1) is 0 Å². The second-order valence-corrected chi connectivity index (χ2v) is 7.44. The molecule has 0 aliphatic carbocycles. The molecule has 2 atom stereocenters. The first-order valence-electron chi connectivity index (χ1n) is 9.70. The van der Waals surface area contributed by atoms with Gasteiger partial charge in [0.1, 0.15) is 11.4 Å². The van der Waals surface area contributed by atoms with E-state index in [0.29, 0.717) is 30.4 Å². The van der Waals surface area contributed by atoms with Crippen LogP contribution in [-0.4, -0.2) is 29.3 Å². The molecule has 0 radical (unpaired) electrons. The SMILES string of the molecule is CC(c1cccc(C(F)(F)F)c1)N1CCC(CCCO)(c2ccc(F)cc2)OC1=O. The number of halogens is 4. The monoisotopic (exact) mass is 425 g/mol. The summed E-state index contributed by atoms with van der Waals surface area (Å²) in [6, 6.07) is 9.91. The highest BCUT2D eigenvalue weighted by atomic mass is 19.4. The Kier molecular flexibility index (Phi) is 6.36. The first-order valence-corrected chi connectivity index (χ1v) is 9.70. The number of carbonyl (C=O) groups is 1. The van der Waals surface area contributed by atoms with Crippen LogP contribution >= 0.6 is 0 Å². The maximum absolute atomic E-state index is 13.3. The van der Waals surface area contributed by atoms with Gasteiger partial charge in [-0.2, -0.15) is 13.2 Å². The molecule has 3 rings (SSSR count). The van der Waals surface area contributed by atoms with E-state index < -0.39 is 35.3 Å². The molecule has 8 heteroatoms. The third-order valence-electron chi connectivity index (χ3n) is 5.55. The molecule has 2 aromatic carbocycles. The topological polar surface area (TPSA) is 49.8 Å². The van der Waals surface area contributed by atoms with Crippen LogP contribution in [0.15, 0.2) is 48.5 Å². The Morgan fingerprint density at radius 3 is 2.50 bits per heavy atom. The van der Waals surface area contributed by atoms with Gasteiger partial charge in [-0.1, -0.05) is 24.3 Å². The third kappa shape index (κ3) is 4.59. The van der Waals surface area contributed by atoms with Crippen molar-refractivity contribution in [2.75, 3.05) is 13.2 Å². The van der Waals surface area contributed by atoms with E-state index in [-0.39, 0.29) is 13.2 Å². The quantitative estimate of drug-likeness (QED) is 0.629. The molecule has 1 aliphatic heterocycles. The minimum Gasteiger partial charge on any atom is -0.438 e. The number of benzene rings is 2. The number of rotatable bonds is 6. The van der Waals surface area contributed by atoms with Gasteiger partial charge in [0.2, 0.25) is 0 Å². The molecular formula is C22H23F4NO3. The van der Waals surface area contributed by atoms with Gasteiger partial charge < -0.3 is 14.7 Å². The summed E-state index contributed by atoms with van der Waals surface area (Å²) in [5.74, 6) is -0.419. The highest BCUT2D eigenvalue weighted by Crippen LogP contribution is 2.41. The van der Waals surface area contributed by atoms with E-state index in [9.17, 15) is 27.5 Å². The summed E-state index contributed by atoms with van der Waals surface area (Å²) in [4.78, 5) is 14.2. The highest BCUT2D eigenvalue weighted by molar-refractivity contribution is 5.70. The molecule has 2 unspecified atom stereocenters. The maximum atomic E-state index is 13.3. The van der Waals surface area contributed by atoms with Crippen LogP contribution in [-0.2, 0) is 16.5 Å². The number of hydrogen-bond acceptors (Lipinski definition) is 3. The number of alkyl halides is 3. The number of carbonyl (C=O) groups excluding carboxylic acids is 1. The molecule has 1 saturated heterocycles. The molecule has 30 heavy (non-hydrogen) atoms. The molecule has 4 nitrogen and oxygen atoms in total. The minimum atomic E-state index is -4.47. The van der Waals surface area contributed by atoms with Crippen LogP contribution in [0.5, 0.6) is 0 Å². The zero-order valence-electron chi connectivity index (χ0n) is 16.5. The summed E-state index contributed by atoms with van der Waals surface area (Å²) in [5.41, 5.74) is -0.818. The van der Waals surface area contributed by atoms with Gasteiger partial charge in [0.25, 0.3) is 0 Å². The van der Waals surface area contributed by atoms with E-state index in [1.54, 1.807) is 25.1 Å². The number of aliphatic hydroxyl groups excluding tert-OH is 1. The lowest BCUT2D eigenvalue weighted by Gasteiger charge is -2.43. The molecule has 0 bridgehead atoms. The fraction of sp³-hybridized carbons (Fsp3) is 0.409. The molecule has 1 fully saturated rings. The van der Waals surface area contributed by atoms with Gasteiger partial charge >= 0.3 is 12.3 Å². The van der Waals surface area contributed by atoms with E-state index in [2.05, 4.69) is 0 Å². The zero-order valence-corrected chi connectivity index (χ0v) is 16.5. The highest BCUT2D eigenvalue weighted by Gasteiger charge is 2.43. The van der Waals surface area contributed by atoms with Gasteiger partial charge in [-0.3, -0.25) is 0 Å². The Bertz CT molecular complexity index is 885. The number of hydrogen-bond donors (Lipinski definition) is 1. The molecule has 1 N–H and O–H groups in total. The largest absolute Gasteiger partial charge is 0.438 e. The lowest BCUT2D eigenvalue weighted by atomic mass is 9.84. The Morgan fingerprint density at radius 2 is 1.90 bits per heavy atom. The Morgan fingerprint density at radius 1 is 1.20 bits per heavy atom. The first-order chi connectivity index (χ1) is 14.2. The van der Waals surface area contributed by atoms with Crippen LogP contribution in [0, 0.1) is 5.82 Å². The van der Waals surface area contributed by atoms with Crippen LogP contribution in [0.2, 0.25) is 0 Å². The summed E-state index contributed by atoms with van der Waals surface area (Å²) < 4.78 is 58.2. The standard InChI is InChI=1S/C22H23F4NO3/c1-15(16-4-2-5-18(14-16)22(24,25)26)27-12-11-21(10-3-13-28,30-20(27)29)17-6-8-19(23)9-7-17/h2,4-9,14-15,28H,3,10-13H2,1H3. The predicted molar refractivity (Wildman–Crippen MR) is 102 cm³/mol. The van der Waals surface area contributed by atoms with Crippen molar-refractivity contribution in [1.29, 1.82) is 0 Å². The molecule has 1 amide bonds. The van der Waals surface area contributed by atoms with Gasteiger partial charge in [0.05, 0.1) is 11.6 Å². The van der Waals surface area contributed by atoms with Crippen molar-refractivity contribution in [1.82, 2.24) is 4.90 Å². The Hall–Kier alpha value is -2.61. The van der Waals surface area contributed by atoms with E-state index in [1.807, 2.05) is 0 Å². The van der Waals surface area contributed by atoms with Crippen LogP contribution in [0.4, 0.5) is 22.4 Å². The summed E-state index contributed by atoms with van der Waals surface area (Å²) in [7, 11) is 0. The van der Waals surface area contributed by atoms with Crippen molar-refractivity contribution >= 4 is 6.09 Å². The molecule has 2 aromatic rings. The lowest BCUT2D eigenvalue weighted by molar-refractivity contribution is -0.137. The van der Waals surface area contributed by atoms with Gasteiger partial charge in [-0.25, -0.2) is 9.18 Å². The van der Waals surface area contributed by atoms with Crippen molar-refractivity contribution in [2.45, 2.75) is 44.0 Å². The summed E-state index contributed by atoms with van der Waals surface area (Å²) in [6.45, 7) is 1.80. The van der Waals surface area contributed by atoms with Crippen LogP contribution < -0.4 is 0 Å². The van der Waals surface area contributed by atoms with E-state index >= 15 is 0 Å². The second-order valence-electron chi connectivity index (χ2n) is 7.44. The van der Waals surface area contributed by atoms with Gasteiger partial charge in [-0.05, 0) is 55.2 Å². The summed E-state index contributed by atoms with van der Waals surface area (Å²) in [6.07, 6.45) is -4.03. The van der Waals surface area contributed by atoms with Crippen molar-refractivity contribution in [3.05, 3.63) is 71.0 Å². The molecular weight excluding hydrogens is 402 g/mol. The molecule has 1 heterocycles. The number of aliphatic hydroxyl groups is 1. The number of ether oxygens (including phenoxy) is 1. The third-order valence-corrected chi connectivity index (χ3v) is 5.55. The first kappa shape index (κ1) is 22.1. The second kappa shape index (κ2) is 8.63. The van der Waals surface area contributed by atoms with Crippen molar-refractivity contribution in [3.63, 3.8) is 0 Å². The lowest BCUT2D eigenvalue weighted by Crippen LogP contribution is -2.48. The Balaban J connectivity index is 1.83. The molecule has 0 spiro atoms. The summed E-state index contributed by atoms with van der Waals surface area (Å²) >= 11 is 0. The van der Waals surface area contributed by atoms with Crippen molar-refractivity contribution in [2.24, 2.45) is 0 Å². The smallest absolute Gasteiger partial charge is 0.416 e. The predicted octanol–water partition coefficient (Wildman–Crippen LogP) is 5.42. The van der Waals surface area contributed by atoms with E-state index in [0.717, 1.165) is 12.1 Å². The molecule has 1 aliphatic rings. The van der Waals surface area contributed by atoms with E-state index in [4.69, 9.17) is 4.74 Å². The van der Waals surface area contributed by atoms with Gasteiger partial charge in [0, 0.05) is 19.6 Å². The van der Waals surface area contributed by atoms with Crippen molar-refractivity contribution < 1.29 is 32.2 Å². The number of amides is 1. The van der Waals surface area contributed by atoms with Crippen LogP contribution in [0.1, 0.15) is 48.9 Å². The molecule has 0 aromatic heterocycles. The Labute approximate surface area is 172 Å². The number of cyclic esters (lactones) is 1. The average Bonchev–Trinajstić information content (AvgIpc) is 2.72. The average molecular weight is 425 g/mol. The maximum Gasteiger partial charge on any atom is 0.416 e. The molecule has 162 valence electrons. The van der Waals surface area contributed by atoms with Crippen LogP contribution in [0.3, 0.4) is 0 Å². The normalized spacial score (nSPS) is 20.7. The molecule has 0 saturated carbocycles. The fourth-order valence-corrected chi connectivity index (χ4v) is 3.82. The van der Waals surface area contributed by atoms with Crippen LogP contribution in [0.25, 0.3) is 0 Å². The summed E-state index contributed by atoms with van der Waals surface area (Å²) in [5, 5.41) is 9.25. The minimum absolute atomic E-state index is 0.0924. The van der Waals surface area contributed by atoms with Gasteiger partial charge in [0.15, 0.2) is 0 Å². The number of nitrogens with zero attached hydrogens (tertiary/aromatic N) is 1. The zero-order chi connectivity index (χ0) is 21.9. The van der Waals surface area contributed by atoms with Crippen molar-refractivity contribution in [3.8, 4) is 0 Å². The fourth-order valence-electron chi connectivity index (χ4n) is 3.82.